The zero-order valence-corrected chi connectivity index (χ0v) is 16.8. The normalized spacial score (nSPS) is 17.6. The Labute approximate surface area is 166 Å². The van der Waals surface area contributed by atoms with Crippen LogP contribution in [-0.2, 0) is 20.8 Å². The number of amides is 1. The Morgan fingerprint density at radius 3 is 2.61 bits per heavy atom. The van der Waals surface area contributed by atoms with E-state index in [0.717, 1.165) is 17.0 Å². The summed E-state index contributed by atoms with van der Waals surface area (Å²) in [6.07, 6.45) is 0.957. The van der Waals surface area contributed by atoms with Gasteiger partial charge in [0.05, 0.1) is 19.7 Å². The molecule has 2 rings (SSSR count). The molecule has 1 aromatic rings. The Hall–Kier alpha value is -2.56. The van der Waals surface area contributed by atoms with Crippen molar-refractivity contribution in [3.8, 4) is 11.8 Å². The van der Waals surface area contributed by atoms with Crippen molar-refractivity contribution in [1.82, 2.24) is 9.96 Å². The molecule has 0 unspecified atom stereocenters. The highest BCUT2D eigenvalue weighted by molar-refractivity contribution is 5.88. The third-order valence-corrected chi connectivity index (χ3v) is 4.31. The van der Waals surface area contributed by atoms with Crippen LogP contribution >= 0.6 is 0 Å². The van der Waals surface area contributed by atoms with Crippen molar-refractivity contribution in [3.63, 3.8) is 0 Å². The van der Waals surface area contributed by atoms with Crippen molar-refractivity contribution in [2.75, 3.05) is 13.7 Å². The van der Waals surface area contributed by atoms with Gasteiger partial charge < -0.3 is 19.6 Å². The van der Waals surface area contributed by atoms with Gasteiger partial charge in [-0.25, -0.2) is 9.59 Å². The number of ether oxygens (including phenoxy) is 2. The summed E-state index contributed by atoms with van der Waals surface area (Å²) in [6, 6.07) is 8.25. The summed E-state index contributed by atoms with van der Waals surface area (Å²) in [4.78, 5) is 25.7. The van der Waals surface area contributed by atoms with E-state index in [9.17, 15) is 14.8 Å². The molecule has 0 radical (unpaired) electrons. The molecule has 1 saturated heterocycles. The maximum Gasteiger partial charge on any atom is 0.410 e. The molecular formula is C21H28N2O5. The Morgan fingerprint density at radius 1 is 1.32 bits per heavy atom. The number of likely N-dealkylation sites (tertiary alicyclic amines) is 1. The number of hydroxylamine groups is 2. The van der Waals surface area contributed by atoms with Crippen LogP contribution in [0.1, 0.15) is 39.2 Å². The van der Waals surface area contributed by atoms with Gasteiger partial charge in [0.1, 0.15) is 11.6 Å². The first-order valence-electron chi connectivity index (χ1n) is 9.30. The molecule has 1 aliphatic heterocycles. The molecule has 28 heavy (non-hydrogen) atoms. The number of carbonyl (C=O) groups is 2. The Bertz CT molecular complexity index is 733. The van der Waals surface area contributed by atoms with Crippen molar-refractivity contribution in [3.05, 3.63) is 35.9 Å². The van der Waals surface area contributed by atoms with Gasteiger partial charge in [-0.05, 0) is 39.2 Å². The van der Waals surface area contributed by atoms with Gasteiger partial charge in [0.2, 0.25) is 0 Å². The number of hydrogen-bond acceptors (Lipinski definition) is 6. The standard InChI is InChI=1S/C21H28N2O5/c1-21(2,3)28-20(25)22-14-8-11-17(22)18(12-13-19(24)27-4)23(26)15-16-9-6-5-7-10-16/h5-7,9-10,17-18,26H,8,11,14-15H2,1-4H3/t17-,18+/m1/s1. The van der Waals surface area contributed by atoms with Gasteiger partial charge in [0.25, 0.3) is 0 Å². The number of hydrogen-bond donors (Lipinski definition) is 1. The molecule has 152 valence electrons. The predicted octanol–water partition coefficient (Wildman–Crippen LogP) is 2.82. The van der Waals surface area contributed by atoms with Gasteiger partial charge in [-0.2, -0.15) is 5.06 Å². The summed E-state index contributed by atoms with van der Waals surface area (Å²) >= 11 is 0. The molecule has 0 saturated carbocycles. The number of carbonyl (C=O) groups excluding carboxylic acids is 2. The molecule has 7 nitrogen and oxygen atoms in total. The van der Waals surface area contributed by atoms with Crippen molar-refractivity contribution in [1.29, 1.82) is 0 Å². The molecule has 0 aliphatic carbocycles. The highest BCUT2D eigenvalue weighted by Crippen LogP contribution is 2.25. The summed E-state index contributed by atoms with van der Waals surface area (Å²) < 4.78 is 10.1. The quantitative estimate of drug-likeness (QED) is 0.370. The fourth-order valence-corrected chi connectivity index (χ4v) is 3.09. The van der Waals surface area contributed by atoms with E-state index in [0.29, 0.717) is 13.0 Å². The molecule has 1 heterocycles. The van der Waals surface area contributed by atoms with E-state index in [1.54, 1.807) is 25.7 Å². The third kappa shape index (κ3) is 6.25. The fraction of sp³-hybridized carbons (Fsp3) is 0.524. The average molecular weight is 388 g/mol. The molecule has 0 spiro atoms. The lowest BCUT2D eigenvalue weighted by atomic mass is 10.0. The Balaban J connectivity index is 2.24. The summed E-state index contributed by atoms with van der Waals surface area (Å²) in [6.45, 7) is 6.13. The van der Waals surface area contributed by atoms with Crippen molar-refractivity contribution in [2.45, 2.75) is 57.8 Å². The molecule has 0 aromatic heterocycles. The molecule has 1 aliphatic rings. The first kappa shape index (κ1) is 21.7. The molecule has 1 amide bonds. The molecule has 0 bridgehead atoms. The van der Waals surface area contributed by atoms with Crippen molar-refractivity contribution in [2.24, 2.45) is 0 Å². The van der Waals surface area contributed by atoms with Crippen LogP contribution in [0.2, 0.25) is 0 Å². The zero-order chi connectivity index (χ0) is 20.7. The SMILES string of the molecule is COC(=O)C#C[C@@H]([C@H]1CCCN1C(=O)OC(C)(C)C)N(O)Cc1ccccc1. The van der Waals surface area contributed by atoms with Crippen LogP contribution in [0.5, 0.6) is 0 Å². The van der Waals surface area contributed by atoms with Crippen molar-refractivity contribution >= 4 is 12.1 Å². The third-order valence-electron chi connectivity index (χ3n) is 4.31. The van der Waals surface area contributed by atoms with E-state index < -0.39 is 29.7 Å². The first-order chi connectivity index (χ1) is 13.2. The van der Waals surface area contributed by atoms with Gasteiger partial charge in [-0.3, -0.25) is 0 Å². The number of benzene rings is 1. The smallest absolute Gasteiger partial charge is 0.410 e. The first-order valence-corrected chi connectivity index (χ1v) is 9.30. The monoisotopic (exact) mass is 388 g/mol. The summed E-state index contributed by atoms with van der Waals surface area (Å²) in [5.74, 6) is 4.48. The summed E-state index contributed by atoms with van der Waals surface area (Å²) in [7, 11) is 1.25. The van der Waals surface area contributed by atoms with Crippen molar-refractivity contribution < 1.29 is 24.3 Å². The minimum atomic E-state index is -0.755. The number of esters is 1. The minimum Gasteiger partial charge on any atom is -0.459 e. The largest absolute Gasteiger partial charge is 0.459 e. The second-order valence-corrected chi connectivity index (χ2v) is 7.67. The van der Waals surface area contributed by atoms with E-state index >= 15 is 0 Å². The number of nitrogens with zero attached hydrogens (tertiary/aromatic N) is 2. The lowest BCUT2D eigenvalue weighted by Crippen LogP contribution is -2.50. The van der Waals surface area contributed by atoms with Gasteiger partial charge in [0, 0.05) is 12.5 Å². The van der Waals surface area contributed by atoms with Gasteiger partial charge in [-0.15, -0.1) is 0 Å². The van der Waals surface area contributed by atoms with E-state index in [1.807, 2.05) is 30.3 Å². The van der Waals surface area contributed by atoms with Gasteiger partial charge in [0.15, 0.2) is 0 Å². The summed E-state index contributed by atoms with van der Waals surface area (Å²) in [5.41, 5.74) is 0.261. The van der Waals surface area contributed by atoms with Crippen LogP contribution in [0.25, 0.3) is 0 Å². The Kier molecular flexibility index (Phi) is 7.44. The Morgan fingerprint density at radius 2 is 2.00 bits per heavy atom. The lowest BCUT2D eigenvalue weighted by molar-refractivity contribution is -0.135. The van der Waals surface area contributed by atoms with E-state index in [1.165, 1.54) is 7.11 Å². The fourth-order valence-electron chi connectivity index (χ4n) is 3.09. The molecular weight excluding hydrogens is 360 g/mol. The highest BCUT2D eigenvalue weighted by Gasteiger charge is 2.39. The maximum atomic E-state index is 12.6. The number of methoxy groups -OCH3 is 1. The lowest BCUT2D eigenvalue weighted by Gasteiger charge is -2.34. The zero-order valence-electron chi connectivity index (χ0n) is 16.8. The topological polar surface area (TPSA) is 79.3 Å². The minimum absolute atomic E-state index is 0.208. The molecule has 2 atom stereocenters. The predicted molar refractivity (Wildman–Crippen MR) is 103 cm³/mol. The molecule has 1 aromatic carbocycles. The van der Waals surface area contributed by atoms with E-state index in [2.05, 4.69) is 16.6 Å². The molecule has 1 fully saturated rings. The van der Waals surface area contributed by atoms with Gasteiger partial charge >= 0.3 is 12.1 Å². The van der Waals surface area contributed by atoms with Crippen LogP contribution in [0.3, 0.4) is 0 Å². The van der Waals surface area contributed by atoms with Gasteiger partial charge in [-0.1, -0.05) is 36.3 Å². The summed E-state index contributed by atoms with van der Waals surface area (Å²) in [5, 5.41) is 11.8. The van der Waals surface area contributed by atoms with Crippen LogP contribution in [0.4, 0.5) is 4.79 Å². The van der Waals surface area contributed by atoms with Crippen LogP contribution in [0.15, 0.2) is 30.3 Å². The maximum absolute atomic E-state index is 12.6. The van der Waals surface area contributed by atoms with Crippen LogP contribution in [-0.4, -0.2) is 58.6 Å². The second-order valence-electron chi connectivity index (χ2n) is 7.67. The average Bonchev–Trinajstić information content (AvgIpc) is 3.10. The highest BCUT2D eigenvalue weighted by atomic mass is 16.6. The van der Waals surface area contributed by atoms with E-state index in [4.69, 9.17) is 4.74 Å². The van der Waals surface area contributed by atoms with E-state index in [-0.39, 0.29) is 6.54 Å². The second kappa shape index (κ2) is 9.58. The molecule has 7 heteroatoms. The van der Waals surface area contributed by atoms with Crippen LogP contribution < -0.4 is 0 Å². The number of rotatable bonds is 4. The van der Waals surface area contributed by atoms with Crippen LogP contribution in [0, 0.1) is 11.8 Å². The molecule has 1 N–H and O–H groups in total.